The number of ether oxygens (including phenoxy) is 3. The number of thiazole rings is 1. The van der Waals surface area contributed by atoms with Crippen LogP contribution < -0.4 is 14.8 Å². The lowest BCUT2D eigenvalue weighted by atomic mass is 10.1. The molecular weight excluding hydrogens is 394 g/mol. The normalized spacial score (nSPS) is 10.6. The maximum atomic E-state index is 12.9. The molecular formula is C20H27N3O5S. The van der Waals surface area contributed by atoms with Crippen molar-refractivity contribution in [2.75, 3.05) is 33.2 Å². The van der Waals surface area contributed by atoms with Crippen molar-refractivity contribution in [2.45, 2.75) is 26.8 Å². The van der Waals surface area contributed by atoms with E-state index in [4.69, 9.17) is 14.2 Å². The van der Waals surface area contributed by atoms with Crippen LogP contribution in [0.15, 0.2) is 23.6 Å². The van der Waals surface area contributed by atoms with Gasteiger partial charge in [0.05, 0.1) is 27.9 Å². The Morgan fingerprint density at radius 1 is 1.14 bits per heavy atom. The van der Waals surface area contributed by atoms with Crippen molar-refractivity contribution in [3.8, 4) is 11.5 Å². The first-order valence-electron chi connectivity index (χ1n) is 9.18. The summed E-state index contributed by atoms with van der Waals surface area (Å²) in [6, 6.07) is 4.91. The van der Waals surface area contributed by atoms with E-state index in [2.05, 4.69) is 24.1 Å². The topological polar surface area (TPSA) is 90.0 Å². The van der Waals surface area contributed by atoms with Gasteiger partial charge in [-0.05, 0) is 12.3 Å². The lowest BCUT2D eigenvalue weighted by Crippen LogP contribution is -2.35. The molecule has 0 atom stereocenters. The summed E-state index contributed by atoms with van der Waals surface area (Å²) in [5, 5.41) is 5.18. The molecule has 0 bridgehead atoms. The van der Waals surface area contributed by atoms with Crippen LogP contribution in [0.5, 0.6) is 11.5 Å². The number of anilines is 1. The average molecular weight is 422 g/mol. The fourth-order valence-corrected chi connectivity index (χ4v) is 3.27. The van der Waals surface area contributed by atoms with Gasteiger partial charge in [0.15, 0.2) is 5.69 Å². The predicted molar refractivity (Wildman–Crippen MR) is 112 cm³/mol. The largest absolute Gasteiger partial charge is 0.497 e. The summed E-state index contributed by atoms with van der Waals surface area (Å²) >= 11 is 1.32. The van der Waals surface area contributed by atoms with E-state index in [1.165, 1.54) is 18.4 Å². The van der Waals surface area contributed by atoms with Crippen LogP contribution in [-0.2, 0) is 11.3 Å². The second kappa shape index (κ2) is 10.7. The number of carbonyl (C=O) groups is 2. The van der Waals surface area contributed by atoms with Gasteiger partial charge in [0.25, 0.3) is 0 Å². The molecule has 9 heteroatoms. The van der Waals surface area contributed by atoms with Crippen LogP contribution in [0.3, 0.4) is 0 Å². The maximum Gasteiger partial charge on any atom is 0.357 e. The van der Waals surface area contributed by atoms with Crippen molar-refractivity contribution in [1.29, 1.82) is 0 Å². The van der Waals surface area contributed by atoms with Gasteiger partial charge in [-0.15, -0.1) is 11.3 Å². The molecule has 1 aromatic carbocycles. The molecule has 1 N–H and O–H groups in total. The Hall–Kier alpha value is -2.81. The molecule has 29 heavy (non-hydrogen) atoms. The Balaban J connectivity index is 2.17. The predicted octanol–water partition coefficient (Wildman–Crippen LogP) is 4.03. The summed E-state index contributed by atoms with van der Waals surface area (Å²) in [6.07, 6.45) is 0.837. The number of benzene rings is 1. The third-order valence-electron chi connectivity index (χ3n) is 4.14. The van der Waals surface area contributed by atoms with Gasteiger partial charge in [0.1, 0.15) is 16.5 Å². The lowest BCUT2D eigenvalue weighted by molar-refractivity contribution is 0.0594. The van der Waals surface area contributed by atoms with E-state index in [0.29, 0.717) is 41.2 Å². The number of urea groups is 1. The fraction of sp³-hybridized carbons (Fsp3) is 0.450. The number of aromatic nitrogens is 1. The van der Waals surface area contributed by atoms with E-state index >= 15 is 0 Å². The number of hydrogen-bond acceptors (Lipinski definition) is 7. The molecule has 0 aliphatic rings. The molecule has 0 unspecified atom stereocenters. The van der Waals surface area contributed by atoms with Gasteiger partial charge in [-0.25, -0.2) is 14.6 Å². The van der Waals surface area contributed by atoms with Gasteiger partial charge in [-0.3, -0.25) is 0 Å². The van der Waals surface area contributed by atoms with Crippen molar-refractivity contribution in [1.82, 2.24) is 9.88 Å². The lowest BCUT2D eigenvalue weighted by Gasteiger charge is -2.23. The molecule has 0 aliphatic carbocycles. The first-order valence-corrected chi connectivity index (χ1v) is 10.1. The highest BCUT2D eigenvalue weighted by molar-refractivity contribution is 7.09. The molecule has 0 aliphatic heterocycles. The standard InChI is InChI=1S/C20H27N3O5S/c1-13(2)6-7-23(11-18-22-17(12-29-18)19(24)28-5)20(25)21-14-8-15(26-3)10-16(9-14)27-4/h8-10,12-13H,6-7,11H2,1-5H3,(H,21,25). The van der Waals surface area contributed by atoms with E-state index in [-0.39, 0.29) is 11.7 Å². The summed E-state index contributed by atoms with van der Waals surface area (Å²) in [7, 11) is 4.42. The number of carbonyl (C=O) groups excluding carboxylic acids is 2. The van der Waals surface area contributed by atoms with Gasteiger partial charge in [-0.1, -0.05) is 13.8 Å². The summed E-state index contributed by atoms with van der Waals surface area (Å²) in [5.74, 6) is 1.10. The van der Waals surface area contributed by atoms with Crippen LogP contribution >= 0.6 is 11.3 Å². The highest BCUT2D eigenvalue weighted by Crippen LogP contribution is 2.26. The second-order valence-electron chi connectivity index (χ2n) is 6.75. The van der Waals surface area contributed by atoms with Crippen LogP contribution in [0.4, 0.5) is 10.5 Å². The van der Waals surface area contributed by atoms with Gasteiger partial charge in [0.2, 0.25) is 0 Å². The van der Waals surface area contributed by atoms with Crippen LogP contribution in [0.1, 0.15) is 35.8 Å². The zero-order chi connectivity index (χ0) is 21.4. The van der Waals surface area contributed by atoms with Gasteiger partial charge >= 0.3 is 12.0 Å². The molecule has 0 fully saturated rings. The molecule has 2 aromatic rings. The van der Waals surface area contributed by atoms with E-state index in [9.17, 15) is 9.59 Å². The van der Waals surface area contributed by atoms with Crippen molar-refractivity contribution < 1.29 is 23.8 Å². The van der Waals surface area contributed by atoms with Gasteiger partial charge < -0.3 is 24.4 Å². The molecule has 158 valence electrons. The number of nitrogens with zero attached hydrogens (tertiary/aromatic N) is 2. The molecule has 8 nitrogen and oxygen atoms in total. The Bertz CT molecular complexity index is 815. The zero-order valence-electron chi connectivity index (χ0n) is 17.4. The van der Waals surface area contributed by atoms with Gasteiger partial charge in [0, 0.05) is 35.8 Å². The summed E-state index contributed by atoms with van der Waals surface area (Å²) < 4.78 is 15.2. The second-order valence-corrected chi connectivity index (χ2v) is 7.70. The number of esters is 1. The minimum absolute atomic E-state index is 0.245. The monoisotopic (exact) mass is 421 g/mol. The van der Waals surface area contributed by atoms with Crippen LogP contribution in [0.2, 0.25) is 0 Å². The molecule has 0 saturated carbocycles. The fourth-order valence-electron chi connectivity index (χ4n) is 2.49. The van der Waals surface area contributed by atoms with Crippen molar-refractivity contribution in [3.05, 3.63) is 34.3 Å². The molecule has 0 radical (unpaired) electrons. The quantitative estimate of drug-likeness (QED) is 0.615. The minimum Gasteiger partial charge on any atom is -0.497 e. The highest BCUT2D eigenvalue weighted by Gasteiger charge is 2.19. The molecule has 0 spiro atoms. The Morgan fingerprint density at radius 3 is 2.34 bits per heavy atom. The molecule has 2 rings (SSSR count). The van der Waals surface area contributed by atoms with E-state index in [1.54, 1.807) is 42.7 Å². The summed E-state index contributed by atoms with van der Waals surface area (Å²) in [6.45, 7) is 5.04. The Morgan fingerprint density at radius 2 is 1.79 bits per heavy atom. The van der Waals surface area contributed by atoms with E-state index < -0.39 is 5.97 Å². The van der Waals surface area contributed by atoms with E-state index in [0.717, 1.165) is 6.42 Å². The molecule has 1 heterocycles. The Kier molecular flexibility index (Phi) is 8.26. The number of amides is 2. The average Bonchev–Trinajstić information content (AvgIpc) is 3.18. The summed E-state index contributed by atoms with van der Waals surface area (Å²) in [5.41, 5.74) is 0.810. The summed E-state index contributed by atoms with van der Waals surface area (Å²) in [4.78, 5) is 30.5. The van der Waals surface area contributed by atoms with Crippen molar-refractivity contribution in [2.24, 2.45) is 5.92 Å². The van der Waals surface area contributed by atoms with Crippen LogP contribution in [-0.4, -0.2) is 49.8 Å². The number of hydrogen-bond donors (Lipinski definition) is 1. The SMILES string of the molecule is COC(=O)c1csc(CN(CCC(C)C)C(=O)Nc2cc(OC)cc(OC)c2)n1. The van der Waals surface area contributed by atoms with Crippen molar-refractivity contribution >= 4 is 29.0 Å². The zero-order valence-corrected chi connectivity index (χ0v) is 18.2. The maximum absolute atomic E-state index is 12.9. The highest BCUT2D eigenvalue weighted by atomic mass is 32.1. The van der Waals surface area contributed by atoms with E-state index in [1.807, 2.05) is 0 Å². The minimum atomic E-state index is -0.492. The van der Waals surface area contributed by atoms with Crippen molar-refractivity contribution in [3.63, 3.8) is 0 Å². The van der Waals surface area contributed by atoms with Crippen LogP contribution in [0, 0.1) is 5.92 Å². The van der Waals surface area contributed by atoms with Crippen LogP contribution in [0.25, 0.3) is 0 Å². The molecule has 1 aromatic heterocycles. The third kappa shape index (κ3) is 6.63. The number of methoxy groups -OCH3 is 3. The number of nitrogens with one attached hydrogen (secondary N) is 1. The number of rotatable bonds is 9. The first kappa shape index (κ1) is 22.5. The third-order valence-corrected chi connectivity index (χ3v) is 4.97. The van der Waals surface area contributed by atoms with Gasteiger partial charge in [-0.2, -0.15) is 0 Å². The Labute approximate surface area is 174 Å². The first-order chi connectivity index (χ1) is 13.9. The molecule has 0 saturated heterocycles. The smallest absolute Gasteiger partial charge is 0.357 e. The molecule has 2 amide bonds.